The minimum absolute atomic E-state index is 0.00627. The van der Waals surface area contributed by atoms with Crippen molar-refractivity contribution in [3.8, 4) is 0 Å². The van der Waals surface area contributed by atoms with Gasteiger partial charge in [-0.25, -0.2) is 8.42 Å². The Morgan fingerprint density at radius 3 is 2.64 bits per heavy atom. The molecule has 0 aromatic carbocycles. The molecule has 0 saturated carbocycles. The summed E-state index contributed by atoms with van der Waals surface area (Å²) < 4.78 is 22.6. The molecule has 78 valence electrons. The third-order valence-electron chi connectivity index (χ3n) is 1.08. The summed E-state index contributed by atoms with van der Waals surface area (Å²) in [6, 6.07) is 0. The molecule has 0 fully saturated rings. The summed E-state index contributed by atoms with van der Waals surface area (Å²) in [5, 5.41) is 19.5. The van der Waals surface area contributed by atoms with Gasteiger partial charge in [-0.3, -0.25) is 4.79 Å². The molecule has 2 N–H and O–H groups in total. The second-order valence-corrected chi connectivity index (χ2v) is 6.40. The van der Waals surface area contributed by atoms with Crippen molar-refractivity contribution in [3.05, 3.63) is 20.1 Å². The maximum absolute atomic E-state index is 11.1. The molecular formula is C6H6O5S3. The normalized spacial score (nSPS) is 19.7. The monoisotopic (exact) mass is 254 g/mol. The molecule has 0 spiro atoms. The third-order valence-corrected chi connectivity index (χ3v) is 4.65. The van der Waals surface area contributed by atoms with Gasteiger partial charge in [0.2, 0.25) is 0 Å². The number of carboxylic acids is 1. The fourth-order valence-corrected chi connectivity index (χ4v) is 4.04. The van der Waals surface area contributed by atoms with Crippen LogP contribution in [0.5, 0.6) is 0 Å². The highest BCUT2D eigenvalue weighted by Crippen LogP contribution is 2.42. The first-order valence-electron chi connectivity index (χ1n) is 3.29. The Morgan fingerprint density at radius 1 is 1.57 bits per heavy atom. The average Bonchev–Trinajstić information content (AvgIpc) is 2.30. The molecule has 8 heteroatoms. The van der Waals surface area contributed by atoms with E-state index in [0.717, 1.165) is 28.9 Å². The highest BCUT2D eigenvalue weighted by molar-refractivity contribution is 8.28. The molecule has 0 bridgehead atoms. The van der Waals surface area contributed by atoms with Gasteiger partial charge in [-0.05, 0) is 11.8 Å². The van der Waals surface area contributed by atoms with Crippen molar-refractivity contribution in [2.45, 2.75) is 0 Å². The molecule has 0 unspecified atom stereocenters. The highest BCUT2D eigenvalue weighted by Gasteiger charge is 2.18. The number of hydrogen-bond acceptors (Lipinski definition) is 6. The van der Waals surface area contributed by atoms with Crippen LogP contribution in [0.25, 0.3) is 0 Å². The van der Waals surface area contributed by atoms with Gasteiger partial charge >= 0.3 is 5.97 Å². The summed E-state index contributed by atoms with van der Waals surface area (Å²) in [5.74, 6) is -2.33. The third kappa shape index (κ3) is 3.64. The summed E-state index contributed by atoms with van der Waals surface area (Å²) in [6.07, 6.45) is 0. The van der Waals surface area contributed by atoms with Gasteiger partial charge in [0.05, 0.1) is 9.65 Å². The largest absolute Gasteiger partial charge is 0.501 e. The van der Waals surface area contributed by atoms with Crippen LogP contribution in [0.4, 0.5) is 0 Å². The smallest absolute Gasteiger partial charge is 0.319 e. The van der Waals surface area contributed by atoms with Gasteiger partial charge in [0.25, 0.3) is 0 Å². The zero-order valence-electron chi connectivity index (χ0n) is 6.71. The summed E-state index contributed by atoms with van der Waals surface area (Å²) in [4.78, 5) is 10.2. The van der Waals surface area contributed by atoms with Gasteiger partial charge < -0.3 is 10.2 Å². The van der Waals surface area contributed by atoms with E-state index < -0.39 is 21.6 Å². The zero-order chi connectivity index (χ0) is 10.8. The minimum Gasteiger partial charge on any atom is -0.501 e. The molecule has 0 amide bonds. The molecule has 0 radical (unpaired) electrons. The lowest BCUT2D eigenvalue weighted by atomic mass is 10.8. The molecule has 0 atom stereocenters. The van der Waals surface area contributed by atoms with Crippen LogP contribution in [0, 0.1) is 0 Å². The number of thioether (sulfide) groups is 2. The number of aliphatic carboxylic acids is 1. The van der Waals surface area contributed by atoms with Crippen LogP contribution in [0.3, 0.4) is 0 Å². The van der Waals surface area contributed by atoms with Gasteiger partial charge in [-0.1, -0.05) is 11.8 Å². The summed E-state index contributed by atoms with van der Waals surface area (Å²) in [7, 11) is -3.74. The number of sulfone groups is 1. The van der Waals surface area contributed by atoms with Crippen molar-refractivity contribution in [1.82, 2.24) is 0 Å². The number of aliphatic hydroxyl groups excluding tert-OH is 1. The van der Waals surface area contributed by atoms with Gasteiger partial charge in [0.15, 0.2) is 20.7 Å². The quantitative estimate of drug-likeness (QED) is 0.779. The Bertz CT molecular complexity index is 405. The van der Waals surface area contributed by atoms with Crippen molar-refractivity contribution in [3.63, 3.8) is 0 Å². The lowest BCUT2D eigenvalue weighted by molar-refractivity contribution is -0.134. The molecule has 0 aromatic heterocycles. The van der Waals surface area contributed by atoms with Crippen molar-refractivity contribution in [2.75, 3.05) is 5.75 Å². The molecule has 1 aliphatic heterocycles. The Morgan fingerprint density at radius 2 is 2.21 bits per heavy atom. The summed E-state index contributed by atoms with van der Waals surface area (Å²) in [5.41, 5.74) is 0. The predicted octanol–water partition coefficient (Wildman–Crippen LogP) is 1.12. The Kier molecular flexibility index (Phi) is 3.51. The fourth-order valence-electron chi connectivity index (χ4n) is 0.672. The van der Waals surface area contributed by atoms with E-state index in [1.165, 1.54) is 5.41 Å². The standard InChI is InChI=1S/C6H6O5S3/c7-4(8)2-14(10,11)3-6-12-1-5(9)13-6/h1,3,9H,2H2,(H,7,8)/b6-3+. The number of rotatable bonds is 3. The number of aliphatic hydroxyl groups is 1. The van der Waals surface area contributed by atoms with Crippen LogP contribution in [0.2, 0.25) is 0 Å². The van der Waals surface area contributed by atoms with Crippen LogP contribution in [-0.4, -0.2) is 30.4 Å². The van der Waals surface area contributed by atoms with Gasteiger partial charge in [-0.15, -0.1) is 0 Å². The number of carbonyl (C=O) groups is 1. The molecule has 1 rings (SSSR count). The van der Waals surface area contributed by atoms with E-state index in [1.54, 1.807) is 0 Å². The average molecular weight is 254 g/mol. The van der Waals surface area contributed by atoms with E-state index in [4.69, 9.17) is 10.2 Å². The lowest BCUT2D eigenvalue weighted by Gasteiger charge is -1.95. The number of hydrogen-bond donors (Lipinski definition) is 2. The Balaban J connectivity index is 2.73. The van der Waals surface area contributed by atoms with Crippen molar-refractivity contribution in [2.24, 2.45) is 0 Å². The van der Waals surface area contributed by atoms with E-state index in [2.05, 4.69) is 0 Å². The first-order valence-corrected chi connectivity index (χ1v) is 6.70. The van der Waals surface area contributed by atoms with Gasteiger partial charge in [0.1, 0.15) is 0 Å². The first kappa shape index (κ1) is 11.5. The van der Waals surface area contributed by atoms with Gasteiger partial charge in [-0.2, -0.15) is 0 Å². The topological polar surface area (TPSA) is 91.7 Å². The van der Waals surface area contributed by atoms with Gasteiger partial charge in [0, 0.05) is 5.41 Å². The molecule has 0 aliphatic carbocycles. The van der Waals surface area contributed by atoms with Crippen molar-refractivity contribution < 1.29 is 23.4 Å². The number of carboxylic acid groups (broad SMARTS) is 1. The molecule has 1 heterocycles. The summed E-state index contributed by atoms with van der Waals surface area (Å²) >= 11 is 1.93. The highest BCUT2D eigenvalue weighted by atomic mass is 32.2. The van der Waals surface area contributed by atoms with Crippen molar-refractivity contribution in [1.29, 1.82) is 0 Å². The molecule has 1 aliphatic rings. The van der Waals surface area contributed by atoms with Crippen LogP contribution in [0.1, 0.15) is 0 Å². The first-order chi connectivity index (χ1) is 6.39. The van der Waals surface area contributed by atoms with E-state index in [0.29, 0.717) is 4.24 Å². The Labute approximate surface area is 88.8 Å². The van der Waals surface area contributed by atoms with Crippen LogP contribution in [0.15, 0.2) is 20.1 Å². The Hall–Kier alpha value is -0.600. The molecule has 14 heavy (non-hydrogen) atoms. The van der Waals surface area contributed by atoms with E-state index in [-0.39, 0.29) is 5.09 Å². The summed E-state index contributed by atoms with van der Waals surface area (Å²) in [6.45, 7) is 0. The zero-order valence-corrected chi connectivity index (χ0v) is 9.16. The van der Waals surface area contributed by atoms with Crippen LogP contribution < -0.4 is 0 Å². The second kappa shape index (κ2) is 4.28. The predicted molar refractivity (Wildman–Crippen MR) is 55.4 cm³/mol. The molecular weight excluding hydrogens is 248 g/mol. The van der Waals surface area contributed by atoms with Crippen LogP contribution in [-0.2, 0) is 14.6 Å². The molecule has 0 saturated heterocycles. The van der Waals surface area contributed by atoms with E-state index in [9.17, 15) is 13.2 Å². The van der Waals surface area contributed by atoms with Crippen LogP contribution >= 0.6 is 23.5 Å². The van der Waals surface area contributed by atoms with E-state index in [1.807, 2.05) is 0 Å². The minimum atomic E-state index is -3.74. The SMILES string of the molecule is O=C(O)CS(=O)(=O)/C=C1\SC=C(O)S1. The maximum atomic E-state index is 11.1. The van der Waals surface area contributed by atoms with Crippen molar-refractivity contribution >= 4 is 39.3 Å². The molecule has 5 nitrogen and oxygen atoms in total. The maximum Gasteiger partial charge on any atom is 0.319 e. The lowest BCUT2D eigenvalue weighted by Crippen LogP contribution is -2.12. The molecule has 0 aromatic rings. The fraction of sp³-hybridized carbons (Fsp3) is 0.167. The van der Waals surface area contributed by atoms with E-state index >= 15 is 0 Å². The second-order valence-electron chi connectivity index (χ2n) is 2.31.